The minimum absolute atomic E-state index is 0.112. The first-order valence-electron chi connectivity index (χ1n) is 6.99. The summed E-state index contributed by atoms with van der Waals surface area (Å²) < 4.78 is 0. The van der Waals surface area contributed by atoms with E-state index in [9.17, 15) is 4.79 Å². The number of nitrogens with zero attached hydrogens (tertiary/aromatic N) is 3. The standard InChI is InChI=1S/C15H20N4O/c1-3-13-16-14(18-17-13)15(20)19(4-2)11-10-12-8-6-5-7-9-12/h5-9H,3-4,10-11H2,1-2H3,(H,16,17,18). The number of hydrogen-bond acceptors (Lipinski definition) is 3. The van der Waals surface area contributed by atoms with Gasteiger partial charge in [0.2, 0.25) is 5.82 Å². The van der Waals surface area contributed by atoms with E-state index in [4.69, 9.17) is 0 Å². The van der Waals surface area contributed by atoms with Crippen LogP contribution < -0.4 is 0 Å². The molecule has 5 heteroatoms. The highest BCUT2D eigenvalue weighted by molar-refractivity contribution is 5.90. The van der Waals surface area contributed by atoms with E-state index in [0.29, 0.717) is 13.1 Å². The van der Waals surface area contributed by atoms with Gasteiger partial charge in [0.25, 0.3) is 5.91 Å². The molecule has 2 rings (SSSR count). The summed E-state index contributed by atoms with van der Waals surface area (Å²) in [5.74, 6) is 0.892. The molecule has 0 fully saturated rings. The number of rotatable bonds is 6. The van der Waals surface area contributed by atoms with E-state index in [1.807, 2.05) is 32.0 Å². The predicted molar refractivity (Wildman–Crippen MR) is 77.5 cm³/mol. The monoisotopic (exact) mass is 272 g/mol. The molecule has 0 bridgehead atoms. The molecule has 0 saturated carbocycles. The highest BCUT2D eigenvalue weighted by Gasteiger charge is 2.18. The Morgan fingerprint density at radius 2 is 2.00 bits per heavy atom. The van der Waals surface area contributed by atoms with Crippen molar-refractivity contribution in [1.29, 1.82) is 0 Å². The van der Waals surface area contributed by atoms with Gasteiger partial charge in [0.15, 0.2) is 0 Å². The second kappa shape index (κ2) is 6.84. The number of nitrogens with one attached hydrogen (secondary N) is 1. The zero-order chi connectivity index (χ0) is 14.4. The molecular weight excluding hydrogens is 252 g/mol. The van der Waals surface area contributed by atoms with E-state index >= 15 is 0 Å². The summed E-state index contributed by atoms with van der Waals surface area (Å²) in [6.45, 7) is 5.27. The lowest BCUT2D eigenvalue weighted by Gasteiger charge is -2.19. The van der Waals surface area contributed by atoms with Crippen LogP contribution in [0.15, 0.2) is 30.3 Å². The van der Waals surface area contributed by atoms with Gasteiger partial charge in [0.1, 0.15) is 5.82 Å². The SMILES string of the molecule is CCc1nc(C(=O)N(CC)CCc2ccccc2)n[nH]1. The molecule has 0 aliphatic carbocycles. The molecule has 1 heterocycles. The molecule has 0 aliphatic rings. The second-order valence-corrected chi connectivity index (χ2v) is 4.58. The van der Waals surface area contributed by atoms with Crippen LogP contribution in [0, 0.1) is 0 Å². The Morgan fingerprint density at radius 1 is 1.25 bits per heavy atom. The molecule has 5 nitrogen and oxygen atoms in total. The van der Waals surface area contributed by atoms with Gasteiger partial charge in [0.05, 0.1) is 0 Å². The van der Waals surface area contributed by atoms with Gasteiger partial charge < -0.3 is 4.90 Å². The number of benzene rings is 1. The molecule has 0 unspecified atom stereocenters. The summed E-state index contributed by atoms with van der Waals surface area (Å²) in [5.41, 5.74) is 1.22. The molecule has 0 aliphatic heterocycles. The van der Waals surface area contributed by atoms with Crippen molar-refractivity contribution >= 4 is 5.91 Å². The molecule has 20 heavy (non-hydrogen) atoms. The van der Waals surface area contributed by atoms with E-state index in [1.54, 1.807) is 4.90 Å². The van der Waals surface area contributed by atoms with E-state index in [1.165, 1.54) is 5.56 Å². The first kappa shape index (κ1) is 14.2. The van der Waals surface area contributed by atoms with Crippen molar-refractivity contribution in [3.63, 3.8) is 0 Å². The molecule has 0 atom stereocenters. The van der Waals surface area contributed by atoms with Crippen LogP contribution in [0.2, 0.25) is 0 Å². The fourth-order valence-corrected chi connectivity index (χ4v) is 2.00. The smallest absolute Gasteiger partial charge is 0.293 e. The van der Waals surface area contributed by atoms with Crippen molar-refractivity contribution in [2.24, 2.45) is 0 Å². The van der Waals surface area contributed by atoms with Crippen molar-refractivity contribution in [1.82, 2.24) is 20.1 Å². The zero-order valence-electron chi connectivity index (χ0n) is 12.0. The van der Waals surface area contributed by atoms with Crippen molar-refractivity contribution < 1.29 is 4.79 Å². The molecule has 1 aromatic carbocycles. The summed E-state index contributed by atoms with van der Waals surface area (Å²) in [4.78, 5) is 18.3. The second-order valence-electron chi connectivity index (χ2n) is 4.58. The molecule has 0 radical (unpaired) electrons. The fourth-order valence-electron chi connectivity index (χ4n) is 2.00. The molecule has 1 amide bonds. The highest BCUT2D eigenvalue weighted by Crippen LogP contribution is 2.05. The summed E-state index contributed by atoms with van der Waals surface area (Å²) in [6.07, 6.45) is 1.59. The number of aromatic amines is 1. The van der Waals surface area contributed by atoms with E-state index < -0.39 is 0 Å². The molecule has 1 aromatic heterocycles. The summed E-state index contributed by atoms with van der Waals surface area (Å²) in [6, 6.07) is 10.2. The van der Waals surface area contributed by atoms with E-state index in [0.717, 1.165) is 18.7 Å². The van der Waals surface area contributed by atoms with Crippen molar-refractivity contribution in [2.45, 2.75) is 26.7 Å². The first-order valence-corrected chi connectivity index (χ1v) is 6.99. The number of carbonyl (C=O) groups is 1. The van der Waals surface area contributed by atoms with Crippen molar-refractivity contribution in [3.05, 3.63) is 47.5 Å². The number of H-pyrrole nitrogens is 1. The van der Waals surface area contributed by atoms with Crippen LogP contribution in [0.1, 0.15) is 35.9 Å². The third kappa shape index (κ3) is 3.44. The largest absolute Gasteiger partial charge is 0.336 e. The zero-order valence-corrected chi connectivity index (χ0v) is 12.0. The summed E-state index contributed by atoms with van der Waals surface area (Å²) in [7, 11) is 0. The highest BCUT2D eigenvalue weighted by atomic mass is 16.2. The maximum Gasteiger partial charge on any atom is 0.293 e. The van der Waals surface area contributed by atoms with Crippen molar-refractivity contribution in [2.75, 3.05) is 13.1 Å². The first-order chi connectivity index (χ1) is 9.74. The molecule has 106 valence electrons. The lowest BCUT2D eigenvalue weighted by atomic mass is 10.1. The van der Waals surface area contributed by atoms with Gasteiger partial charge in [-0.05, 0) is 18.9 Å². The van der Waals surface area contributed by atoms with E-state index in [2.05, 4.69) is 27.3 Å². The van der Waals surface area contributed by atoms with Crippen LogP contribution in [0.25, 0.3) is 0 Å². The quantitative estimate of drug-likeness (QED) is 0.875. The number of aromatic nitrogens is 3. The number of hydrogen-bond donors (Lipinski definition) is 1. The van der Waals surface area contributed by atoms with Gasteiger partial charge in [-0.15, -0.1) is 5.10 Å². The Kier molecular flexibility index (Phi) is 4.87. The lowest BCUT2D eigenvalue weighted by Crippen LogP contribution is -2.33. The number of aryl methyl sites for hydroxylation is 1. The van der Waals surface area contributed by atoms with Crippen LogP contribution >= 0.6 is 0 Å². The average molecular weight is 272 g/mol. The van der Waals surface area contributed by atoms with Crippen LogP contribution in [0.4, 0.5) is 0 Å². The maximum atomic E-state index is 12.3. The average Bonchev–Trinajstić information content (AvgIpc) is 2.97. The van der Waals surface area contributed by atoms with Crippen LogP contribution in [0.5, 0.6) is 0 Å². The van der Waals surface area contributed by atoms with Crippen LogP contribution in [-0.2, 0) is 12.8 Å². The summed E-state index contributed by atoms with van der Waals surface area (Å²) >= 11 is 0. The molecule has 2 aromatic rings. The van der Waals surface area contributed by atoms with Gasteiger partial charge in [-0.25, -0.2) is 4.98 Å². The van der Waals surface area contributed by atoms with Crippen LogP contribution in [-0.4, -0.2) is 39.1 Å². The van der Waals surface area contributed by atoms with Gasteiger partial charge in [-0.1, -0.05) is 37.3 Å². The van der Waals surface area contributed by atoms with Crippen molar-refractivity contribution in [3.8, 4) is 0 Å². The third-order valence-corrected chi connectivity index (χ3v) is 3.24. The Bertz CT molecular complexity index is 550. The maximum absolute atomic E-state index is 12.3. The Balaban J connectivity index is 1.98. The topological polar surface area (TPSA) is 61.9 Å². The third-order valence-electron chi connectivity index (χ3n) is 3.24. The van der Waals surface area contributed by atoms with Gasteiger partial charge in [-0.3, -0.25) is 9.89 Å². The minimum Gasteiger partial charge on any atom is -0.336 e. The van der Waals surface area contributed by atoms with Gasteiger partial charge in [0, 0.05) is 19.5 Å². The normalized spacial score (nSPS) is 10.5. The Labute approximate surface area is 119 Å². The molecule has 0 spiro atoms. The number of likely N-dealkylation sites (N-methyl/N-ethyl adjacent to an activating group) is 1. The fraction of sp³-hybridized carbons (Fsp3) is 0.400. The number of amides is 1. The Morgan fingerprint density at radius 3 is 2.60 bits per heavy atom. The van der Waals surface area contributed by atoms with Crippen LogP contribution in [0.3, 0.4) is 0 Å². The predicted octanol–water partition coefficient (Wildman–Crippen LogP) is 2.07. The van der Waals surface area contributed by atoms with Gasteiger partial charge >= 0.3 is 0 Å². The molecule has 0 saturated heterocycles. The lowest BCUT2D eigenvalue weighted by molar-refractivity contribution is 0.0754. The molecular formula is C15H20N4O. The van der Waals surface area contributed by atoms with Gasteiger partial charge in [-0.2, -0.15) is 0 Å². The van der Waals surface area contributed by atoms with E-state index in [-0.39, 0.29) is 11.7 Å². The Hall–Kier alpha value is -2.17. The molecule has 1 N–H and O–H groups in total. The summed E-state index contributed by atoms with van der Waals surface area (Å²) in [5, 5.41) is 6.76. The number of carbonyl (C=O) groups excluding carboxylic acids is 1. The minimum atomic E-state index is -0.112.